The van der Waals surface area contributed by atoms with E-state index in [1.54, 1.807) is 6.92 Å². The highest BCUT2D eigenvalue weighted by molar-refractivity contribution is 6.04. The zero-order chi connectivity index (χ0) is 16.3. The number of fused-ring (bicyclic) bond motifs is 2. The van der Waals surface area contributed by atoms with Gasteiger partial charge >= 0.3 is 5.97 Å². The van der Waals surface area contributed by atoms with Crippen LogP contribution in [0.3, 0.4) is 0 Å². The summed E-state index contributed by atoms with van der Waals surface area (Å²) in [7, 11) is 0. The molecular formula is C17H25NO4. The van der Waals surface area contributed by atoms with Gasteiger partial charge in [-0.05, 0) is 37.5 Å². The summed E-state index contributed by atoms with van der Waals surface area (Å²) < 4.78 is 5.77. The lowest BCUT2D eigenvalue weighted by atomic mass is 9.70. The van der Waals surface area contributed by atoms with Crippen LogP contribution in [0.4, 0.5) is 0 Å². The molecule has 0 unspecified atom stereocenters. The van der Waals surface area contributed by atoms with Gasteiger partial charge in [0.2, 0.25) is 11.8 Å². The number of hydrogen-bond acceptors (Lipinski definition) is 4. The van der Waals surface area contributed by atoms with E-state index in [1.807, 2.05) is 0 Å². The molecule has 0 aromatic rings. The molecule has 22 heavy (non-hydrogen) atoms. The fourth-order valence-electron chi connectivity index (χ4n) is 4.68. The number of carbonyl (C=O) groups is 3. The molecule has 3 fully saturated rings. The Kier molecular flexibility index (Phi) is 3.38. The van der Waals surface area contributed by atoms with Crippen LogP contribution in [0.5, 0.6) is 0 Å². The summed E-state index contributed by atoms with van der Waals surface area (Å²) in [5, 5.41) is 0. The molecule has 1 heterocycles. The molecule has 0 radical (unpaired) electrons. The predicted octanol–water partition coefficient (Wildman–Crippen LogP) is 2.28. The third-order valence-electron chi connectivity index (χ3n) is 6.79. The summed E-state index contributed by atoms with van der Waals surface area (Å²) in [5.41, 5.74) is 0.159. The first kappa shape index (κ1) is 15.5. The van der Waals surface area contributed by atoms with E-state index < -0.39 is 12.0 Å². The van der Waals surface area contributed by atoms with E-state index in [2.05, 4.69) is 20.8 Å². The van der Waals surface area contributed by atoms with Crippen LogP contribution >= 0.6 is 0 Å². The molecule has 4 atom stereocenters. The molecule has 5 heteroatoms. The first-order chi connectivity index (χ1) is 10.2. The lowest BCUT2D eigenvalue weighted by molar-refractivity contribution is -0.167. The minimum atomic E-state index is -0.812. The summed E-state index contributed by atoms with van der Waals surface area (Å²) in [6, 6.07) is -0.812. The average molecular weight is 307 g/mol. The van der Waals surface area contributed by atoms with E-state index >= 15 is 0 Å². The van der Waals surface area contributed by atoms with Crippen molar-refractivity contribution in [2.24, 2.45) is 16.7 Å². The van der Waals surface area contributed by atoms with Crippen molar-refractivity contribution >= 4 is 17.8 Å². The van der Waals surface area contributed by atoms with Crippen molar-refractivity contribution in [2.75, 3.05) is 0 Å². The lowest BCUT2D eigenvalue weighted by Crippen LogP contribution is -2.46. The number of likely N-dealkylation sites (tertiary alicyclic amines) is 1. The Morgan fingerprint density at radius 3 is 2.27 bits per heavy atom. The van der Waals surface area contributed by atoms with Gasteiger partial charge in [0.25, 0.3) is 0 Å². The lowest BCUT2D eigenvalue weighted by Gasteiger charge is -2.39. The van der Waals surface area contributed by atoms with E-state index in [-0.39, 0.29) is 41.6 Å². The van der Waals surface area contributed by atoms with Gasteiger partial charge in [0.05, 0.1) is 0 Å². The molecule has 2 saturated carbocycles. The zero-order valence-corrected chi connectivity index (χ0v) is 13.8. The fraction of sp³-hybridized carbons (Fsp3) is 0.824. The largest absolute Gasteiger partial charge is 0.460 e. The Labute approximate surface area is 131 Å². The third kappa shape index (κ3) is 1.94. The summed E-state index contributed by atoms with van der Waals surface area (Å²) in [6.07, 6.45) is 3.45. The van der Waals surface area contributed by atoms with E-state index in [0.29, 0.717) is 5.92 Å². The molecule has 2 aliphatic carbocycles. The molecule has 0 spiro atoms. The minimum Gasteiger partial charge on any atom is -0.460 e. The highest BCUT2D eigenvalue weighted by atomic mass is 16.5. The third-order valence-corrected chi connectivity index (χ3v) is 6.79. The van der Waals surface area contributed by atoms with Gasteiger partial charge in [0.15, 0.2) is 0 Å². The summed E-state index contributed by atoms with van der Waals surface area (Å²) in [4.78, 5) is 37.0. The van der Waals surface area contributed by atoms with Crippen molar-refractivity contribution < 1.29 is 19.1 Å². The Balaban J connectivity index is 1.71. The van der Waals surface area contributed by atoms with Crippen molar-refractivity contribution in [2.45, 2.75) is 71.9 Å². The standard InChI is InChI=1S/C17H25NO4/c1-10(18-13(19)5-6-14(18)20)15(21)22-12-9-11-7-8-17(12,4)16(11,2)3/h10-12H,5-9H2,1-4H3/t10-,11-,12-,17-/m0/s1. The van der Waals surface area contributed by atoms with Crippen LogP contribution in [0.2, 0.25) is 0 Å². The predicted molar refractivity (Wildman–Crippen MR) is 79.7 cm³/mol. The number of ether oxygens (including phenoxy) is 1. The first-order valence-corrected chi connectivity index (χ1v) is 8.24. The molecule has 1 saturated heterocycles. The van der Waals surface area contributed by atoms with Crippen LogP contribution in [-0.4, -0.2) is 34.8 Å². The molecule has 122 valence electrons. The Morgan fingerprint density at radius 1 is 1.23 bits per heavy atom. The van der Waals surface area contributed by atoms with Gasteiger partial charge in [-0.3, -0.25) is 14.5 Å². The normalized spacial score (nSPS) is 37.7. The molecule has 5 nitrogen and oxygen atoms in total. The maximum atomic E-state index is 12.4. The number of imide groups is 1. The van der Waals surface area contributed by atoms with Crippen LogP contribution < -0.4 is 0 Å². The van der Waals surface area contributed by atoms with E-state index in [0.717, 1.165) is 17.7 Å². The van der Waals surface area contributed by atoms with E-state index in [4.69, 9.17) is 4.74 Å². The quantitative estimate of drug-likeness (QED) is 0.593. The molecule has 0 aromatic heterocycles. The van der Waals surface area contributed by atoms with Gasteiger partial charge in [0.1, 0.15) is 12.1 Å². The summed E-state index contributed by atoms with van der Waals surface area (Å²) >= 11 is 0. The molecular weight excluding hydrogens is 282 g/mol. The van der Waals surface area contributed by atoms with E-state index in [9.17, 15) is 14.4 Å². The highest BCUT2D eigenvalue weighted by Crippen LogP contribution is 2.66. The number of carbonyl (C=O) groups excluding carboxylic acids is 3. The highest BCUT2D eigenvalue weighted by Gasteiger charge is 2.63. The Bertz CT molecular complexity index is 525. The topological polar surface area (TPSA) is 63.7 Å². The Hall–Kier alpha value is -1.39. The van der Waals surface area contributed by atoms with Gasteiger partial charge in [-0.15, -0.1) is 0 Å². The number of amides is 2. The van der Waals surface area contributed by atoms with E-state index in [1.165, 1.54) is 6.42 Å². The number of nitrogens with zero attached hydrogens (tertiary/aromatic N) is 1. The summed E-state index contributed by atoms with van der Waals surface area (Å²) in [6.45, 7) is 8.31. The van der Waals surface area contributed by atoms with Crippen molar-refractivity contribution in [3.05, 3.63) is 0 Å². The SMILES string of the molecule is C[C@@H](C(=O)O[C@H]1C[C@@H]2CC[C@]1(C)C2(C)C)N1C(=O)CCC1=O. The smallest absolute Gasteiger partial charge is 0.329 e. The zero-order valence-electron chi connectivity index (χ0n) is 13.8. The molecule has 2 bridgehead atoms. The first-order valence-electron chi connectivity index (χ1n) is 8.24. The molecule has 0 aromatic carbocycles. The van der Waals surface area contributed by atoms with Crippen LogP contribution in [0, 0.1) is 16.7 Å². The second kappa shape index (κ2) is 4.80. The minimum absolute atomic E-state index is 0.00786. The molecule has 0 N–H and O–H groups in total. The van der Waals surface area contributed by atoms with Crippen molar-refractivity contribution in [3.8, 4) is 0 Å². The summed E-state index contributed by atoms with van der Waals surface area (Å²) in [5.74, 6) is -0.401. The number of esters is 1. The van der Waals surface area contributed by atoms with Crippen LogP contribution in [0.25, 0.3) is 0 Å². The number of hydrogen-bond donors (Lipinski definition) is 0. The van der Waals surface area contributed by atoms with Gasteiger partial charge in [-0.1, -0.05) is 20.8 Å². The van der Waals surface area contributed by atoms with Crippen LogP contribution in [0.15, 0.2) is 0 Å². The van der Waals surface area contributed by atoms with Crippen molar-refractivity contribution in [1.29, 1.82) is 0 Å². The molecule has 3 aliphatic rings. The van der Waals surface area contributed by atoms with Gasteiger partial charge in [-0.25, -0.2) is 4.79 Å². The number of rotatable bonds is 3. The van der Waals surface area contributed by atoms with Crippen LogP contribution in [0.1, 0.15) is 59.8 Å². The van der Waals surface area contributed by atoms with Crippen molar-refractivity contribution in [1.82, 2.24) is 4.90 Å². The molecule has 1 aliphatic heterocycles. The van der Waals surface area contributed by atoms with Gasteiger partial charge < -0.3 is 4.74 Å². The van der Waals surface area contributed by atoms with Crippen LogP contribution in [-0.2, 0) is 19.1 Å². The van der Waals surface area contributed by atoms with Gasteiger partial charge in [-0.2, -0.15) is 0 Å². The molecule has 2 amide bonds. The second-order valence-electron chi connectivity index (χ2n) is 7.87. The average Bonchev–Trinajstić information content (AvgIpc) is 2.95. The maximum absolute atomic E-state index is 12.4. The maximum Gasteiger partial charge on any atom is 0.329 e. The second-order valence-corrected chi connectivity index (χ2v) is 7.87. The monoisotopic (exact) mass is 307 g/mol. The molecule has 3 rings (SSSR count). The van der Waals surface area contributed by atoms with Gasteiger partial charge in [0, 0.05) is 18.3 Å². The van der Waals surface area contributed by atoms with Crippen molar-refractivity contribution in [3.63, 3.8) is 0 Å². The fourth-order valence-corrected chi connectivity index (χ4v) is 4.68. The Morgan fingerprint density at radius 2 is 1.82 bits per heavy atom.